The van der Waals surface area contributed by atoms with Gasteiger partial charge in [-0.3, -0.25) is 19.2 Å². The average molecular weight is 644 g/mol. The molecular formula is C29H39Br2O4P. The predicted octanol–water partition coefficient (Wildman–Crippen LogP) is 7.85. The Hall–Kier alpha value is -1.75. The summed E-state index contributed by atoms with van der Waals surface area (Å²) in [7, 11) is 0.333. The van der Waals surface area contributed by atoms with Gasteiger partial charge < -0.3 is 0 Å². The number of benzene rings is 2. The lowest BCUT2D eigenvalue weighted by Gasteiger charge is -2.24. The summed E-state index contributed by atoms with van der Waals surface area (Å²) in [5.74, 6) is 0.0958. The normalized spacial score (nSPS) is 13.5. The maximum atomic E-state index is 11.7. The molecule has 4 atom stereocenters. The smallest absolute Gasteiger partial charge is 0.154 e. The Morgan fingerprint density at radius 1 is 0.889 bits per heavy atom. The van der Waals surface area contributed by atoms with Gasteiger partial charge in [0, 0.05) is 5.92 Å². The summed E-state index contributed by atoms with van der Waals surface area (Å²) in [5, 5.41) is 0. The van der Waals surface area contributed by atoms with Crippen LogP contribution in [0.25, 0.3) is 0 Å². The third kappa shape index (κ3) is 15.4. The summed E-state index contributed by atoms with van der Waals surface area (Å²) in [5.41, 5.74) is 2.60. The number of carbonyl (C=O) groups excluding carboxylic acids is 4. The third-order valence-electron chi connectivity index (χ3n) is 5.06. The van der Waals surface area contributed by atoms with E-state index in [1.807, 2.05) is 74.3 Å². The zero-order valence-corrected chi connectivity index (χ0v) is 26.4. The summed E-state index contributed by atoms with van der Waals surface area (Å²) in [4.78, 5) is 44.0. The highest BCUT2D eigenvalue weighted by Crippen LogP contribution is 2.33. The van der Waals surface area contributed by atoms with Gasteiger partial charge in [-0.25, -0.2) is 0 Å². The second-order valence-corrected chi connectivity index (χ2v) is 10.9. The van der Waals surface area contributed by atoms with Gasteiger partial charge in [0.1, 0.15) is 17.3 Å². The Labute approximate surface area is 237 Å². The van der Waals surface area contributed by atoms with E-state index in [0.29, 0.717) is 21.2 Å². The molecule has 0 saturated carbocycles. The van der Waals surface area contributed by atoms with Gasteiger partial charge >= 0.3 is 0 Å². The summed E-state index contributed by atoms with van der Waals surface area (Å²) < 4.78 is 5.60. The molecule has 0 heterocycles. The van der Waals surface area contributed by atoms with Crippen molar-refractivity contribution in [2.75, 3.05) is 6.66 Å². The SMILES string of the molecule is C=C(C)C(C)=O.CC(=O)C(Br)c1ccccc1.CC(=O)C(CC(C)(Br)C(C)=O)c1ccccc1.[3H]PC. The van der Waals surface area contributed by atoms with E-state index in [4.69, 9.17) is 1.28 Å². The second kappa shape index (κ2) is 19.4. The Morgan fingerprint density at radius 3 is 1.53 bits per heavy atom. The van der Waals surface area contributed by atoms with Crippen LogP contribution >= 0.6 is 41.0 Å². The molecule has 0 radical (unpaired) electrons. The van der Waals surface area contributed by atoms with E-state index in [0.717, 1.165) is 11.1 Å². The Kier molecular flexibility index (Phi) is 18.4. The van der Waals surface area contributed by atoms with Crippen molar-refractivity contribution in [2.24, 2.45) is 0 Å². The number of ketones is 4. The molecular weight excluding hydrogens is 603 g/mol. The van der Waals surface area contributed by atoms with Crippen LogP contribution in [0.15, 0.2) is 72.8 Å². The quantitative estimate of drug-likeness (QED) is 0.167. The van der Waals surface area contributed by atoms with Crippen LogP contribution in [0.1, 0.15) is 69.8 Å². The number of allylic oxidation sites excluding steroid dienone is 1. The average Bonchev–Trinajstić information content (AvgIpc) is 2.84. The minimum atomic E-state index is -0.640. The van der Waals surface area contributed by atoms with Crippen molar-refractivity contribution >= 4 is 64.2 Å². The zero-order chi connectivity index (χ0) is 29.2. The minimum absolute atomic E-state index is 0.0414. The molecule has 0 N–H and O–H groups in total. The first-order valence-corrected chi connectivity index (χ1v) is 14.0. The van der Waals surface area contributed by atoms with Gasteiger partial charge in [-0.15, -0.1) is 9.18 Å². The molecule has 2 aromatic carbocycles. The topological polar surface area (TPSA) is 68.3 Å². The van der Waals surface area contributed by atoms with Crippen molar-refractivity contribution in [3.8, 4) is 0 Å². The lowest BCUT2D eigenvalue weighted by molar-refractivity contribution is -0.121. The van der Waals surface area contributed by atoms with Crippen LogP contribution in [-0.4, -0.2) is 35.4 Å². The molecule has 0 aliphatic rings. The highest BCUT2D eigenvalue weighted by molar-refractivity contribution is 9.10. The number of alkyl halides is 2. The van der Waals surface area contributed by atoms with Crippen LogP contribution in [0.5, 0.6) is 0 Å². The molecule has 198 valence electrons. The fourth-order valence-electron chi connectivity index (χ4n) is 2.57. The lowest BCUT2D eigenvalue weighted by atomic mass is 9.85. The maximum Gasteiger partial charge on any atom is 0.154 e. The summed E-state index contributed by atoms with van der Waals surface area (Å²) >= 11 is 6.71. The standard InChI is InChI=1S/C14H17BrO2.C9H9BrO.C5H8O.CH5P/c1-10(16)13(9-14(3,15)11(2)17)12-7-5-4-6-8-12;1-7(11)9(10)8-5-3-2-4-6-8;1-4(2)5(3)6;1-2/h4-8,13H,9H2,1-3H3;2-6,9H,1H3;1H2,2-3H3;2H2,1H3/i;;;2T. The fraction of sp³-hybridized carbons (Fsp3) is 0.379. The van der Waals surface area contributed by atoms with Gasteiger partial charge in [0.05, 0.1) is 10.4 Å². The van der Waals surface area contributed by atoms with Crippen LogP contribution in [-0.2, 0) is 19.2 Å². The van der Waals surface area contributed by atoms with E-state index in [-0.39, 0.29) is 33.9 Å². The molecule has 36 heavy (non-hydrogen) atoms. The van der Waals surface area contributed by atoms with Crippen molar-refractivity contribution in [3.05, 3.63) is 83.9 Å². The number of rotatable bonds is 8. The van der Waals surface area contributed by atoms with Gasteiger partial charge in [-0.05, 0) is 64.7 Å². The van der Waals surface area contributed by atoms with Crippen LogP contribution < -0.4 is 0 Å². The Bertz CT molecular complexity index is 983. The molecule has 0 amide bonds. The number of hydrogen-bond donors (Lipinski definition) is 0. The predicted molar refractivity (Wildman–Crippen MR) is 162 cm³/mol. The van der Waals surface area contributed by atoms with Crippen molar-refractivity contribution in [1.29, 1.82) is 1.28 Å². The zero-order valence-electron chi connectivity index (χ0n) is 23.2. The molecule has 0 fully saturated rings. The largest absolute Gasteiger partial charge is 0.299 e. The highest BCUT2D eigenvalue weighted by Gasteiger charge is 2.32. The molecule has 4 nitrogen and oxygen atoms in total. The minimum Gasteiger partial charge on any atom is -0.299 e. The molecule has 0 aliphatic carbocycles. The van der Waals surface area contributed by atoms with Crippen molar-refractivity contribution in [2.45, 2.75) is 63.0 Å². The van der Waals surface area contributed by atoms with E-state index in [2.05, 4.69) is 38.4 Å². The number of hydrogen-bond acceptors (Lipinski definition) is 4. The van der Waals surface area contributed by atoms with Gasteiger partial charge in [0.25, 0.3) is 0 Å². The van der Waals surface area contributed by atoms with Crippen LogP contribution in [0.3, 0.4) is 0 Å². The fourth-order valence-corrected chi connectivity index (χ4v) is 3.19. The summed E-state index contributed by atoms with van der Waals surface area (Å²) in [6.45, 7) is 14.9. The van der Waals surface area contributed by atoms with Gasteiger partial charge in [0.15, 0.2) is 5.78 Å². The van der Waals surface area contributed by atoms with E-state index in [9.17, 15) is 19.2 Å². The van der Waals surface area contributed by atoms with E-state index in [1.54, 1.807) is 20.8 Å². The molecule has 0 bridgehead atoms. The first-order valence-electron chi connectivity index (χ1n) is 11.8. The number of carbonyl (C=O) groups is 4. The molecule has 2 aromatic rings. The Balaban J connectivity index is 0. The van der Waals surface area contributed by atoms with Crippen molar-refractivity contribution in [3.63, 3.8) is 0 Å². The van der Waals surface area contributed by atoms with Crippen molar-refractivity contribution < 1.29 is 19.2 Å². The molecule has 0 spiro atoms. The lowest BCUT2D eigenvalue weighted by Crippen LogP contribution is -2.30. The van der Waals surface area contributed by atoms with Crippen LogP contribution in [0.2, 0.25) is 0 Å². The maximum absolute atomic E-state index is 11.7. The molecule has 7 heteroatoms. The monoisotopic (exact) mass is 642 g/mol. The van der Waals surface area contributed by atoms with Crippen LogP contribution in [0.4, 0.5) is 0 Å². The summed E-state index contributed by atoms with van der Waals surface area (Å²) in [6, 6.07) is 19.2. The van der Waals surface area contributed by atoms with Gasteiger partial charge in [-0.1, -0.05) is 106 Å². The van der Waals surface area contributed by atoms with E-state index >= 15 is 0 Å². The summed E-state index contributed by atoms with van der Waals surface area (Å²) in [6.07, 6.45) is 0.488. The first-order chi connectivity index (χ1) is 17.1. The van der Waals surface area contributed by atoms with Crippen LogP contribution in [0, 0.1) is 0 Å². The number of Topliss-reactive ketones (excluding diaryl/α,β-unsaturated/α-hetero) is 4. The molecule has 4 unspecified atom stereocenters. The molecule has 0 aliphatic heterocycles. The first kappa shape index (κ1) is 34.2. The molecule has 2 rings (SSSR count). The molecule has 0 saturated heterocycles. The second-order valence-electron chi connectivity index (χ2n) is 8.25. The van der Waals surface area contributed by atoms with E-state index < -0.39 is 4.32 Å². The number of halogens is 2. The van der Waals surface area contributed by atoms with Gasteiger partial charge in [0.2, 0.25) is 0 Å². The molecule has 0 aromatic heterocycles. The van der Waals surface area contributed by atoms with Gasteiger partial charge in [-0.2, -0.15) is 0 Å². The van der Waals surface area contributed by atoms with Crippen molar-refractivity contribution in [1.82, 2.24) is 0 Å². The Morgan fingerprint density at radius 2 is 1.25 bits per heavy atom. The highest BCUT2D eigenvalue weighted by atomic mass is 79.9. The van der Waals surface area contributed by atoms with E-state index in [1.165, 1.54) is 13.8 Å². The third-order valence-corrected chi connectivity index (χ3v) is 7.12.